The third kappa shape index (κ3) is 4.64. The molecule has 0 saturated carbocycles. The smallest absolute Gasteiger partial charge is 0.322 e. The van der Waals surface area contributed by atoms with Gasteiger partial charge in [-0.2, -0.15) is 0 Å². The highest BCUT2D eigenvalue weighted by Gasteiger charge is 2.30. The molecule has 1 aromatic carbocycles. The fourth-order valence-electron chi connectivity index (χ4n) is 3.54. The molecule has 6 nitrogen and oxygen atoms in total. The highest BCUT2D eigenvalue weighted by molar-refractivity contribution is 5.89. The zero-order valence-electron chi connectivity index (χ0n) is 15.6. The first-order chi connectivity index (χ1) is 11.8. The third-order valence-corrected chi connectivity index (χ3v) is 4.62. The second-order valence-corrected chi connectivity index (χ2v) is 7.67. The number of nitrogens with one attached hydrogen (secondary N) is 1. The number of rotatable bonds is 2. The van der Waals surface area contributed by atoms with Crippen molar-refractivity contribution >= 4 is 17.4 Å². The van der Waals surface area contributed by atoms with Crippen LogP contribution in [0.25, 0.3) is 0 Å². The summed E-state index contributed by atoms with van der Waals surface area (Å²) in [5.41, 5.74) is 1.68. The molecular formula is C19H29N3O3. The second kappa shape index (κ2) is 7.22. The zero-order valence-corrected chi connectivity index (χ0v) is 15.6. The first-order valence-electron chi connectivity index (χ1n) is 9.03. The van der Waals surface area contributed by atoms with E-state index in [9.17, 15) is 4.79 Å². The van der Waals surface area contributed by atoms with E-state index in [1.165, 1.54) is 0 Å². The molecule has 2 fully saturated rings. The van der Waals surface area contributed by atoms with Crippen LogP contribution in [0.2, 0.25) is 0 Å². The summed E-state index contributed by atoms with van der Waals surface area (Å²) in [6.07, 6.45) is 0.459. The number of carbonyl (C=O) groups is 1. The van der Waals surface area contributed by atoms with E-state index in [0.717, 1.165) is 24.5 Å². The van der Waals surface area contributed by atoms with Gasteiger partial charge in [0.1, 0.15) is 0 Å². The van der Waals surface area contributed by atoms with Crippen LogP contribution in [0.1, 0.15) is 27.7 Å². The lowest BCUT2D eigenvalue weighted by molar-refractivity contribution is -0.0720. The van der Waals surface area contributed by atoms with Crippen molar-refractivity contribution in [3.8, 4) is 0 Å². The number of hydrogen-bond acceptors (Lipinski definition) is 4. The molecule has 6 heteroatoms. The van der Waals surface area contributed by atoms with Crippen LogP contribution in [0, 0.1) is 0 Å². The van der Waals surface area contributed by atoms with Crippen molar-refractivity contribution in [2.75, 3.05) is 43.0 Å². The average Bonchev–Trinajstić information content (AvgIpc) is 2.53. The molecule has 2 aliphatic heterocycles. The molecule has 0 radical (unpaired) electrons. The van der Waals surface area contributed by atoms with Crippen LogP contribution in [0.5, 0.6) is 0 Å². The summed E-state index contributed by atoms with van der Waals surface area (Å²) in [6.45, 7) is 11.8. The van der Waals surface area contributed by atoms with Crippen molar-refractivity contribution in [1.82, 2.24) is 4.90 Å². The molecule has 0 spiro atoms. The number of urea groups is 1. The van der Waals surface area contributed by atoms with Gasteiger partial charge in [0, 0.05) is 31.0 Å². The molecular weight excluding hydrogens is 318 g/mol. The topological polar surface area (TPSA) is 54.0 Å². The summed E-state index contributed by atoms with van der Waals surface area (Å²) >= 11 is 0. The number of ether oxygens (including phenoxy) is 2. The lowest BCUT2D eigenvalue weighted by Crippen LogP contribution is -2.51. The number of benzene rings is 1. The number of morpholine rings is 2. The van der Waals surface area contributed by atoms with Gasteiger partial charge in [-0.25, -0.2) is 4.79 Å². The fourth-order valence-corrected chi connectivity index (χ4v) is 3.54. The van der Waals surface area contributed by atoms with Crippen LogP contribution in [0.4, 0.5) is 16.2 Å². The molecule has 2 heterocycles. The zero-order chi connectivity index (χ0) is 18.0. The minimum absolute atomic E-state index is 0.0715. The lowest BCUT2D eigenvalue weighted by Gasteiger charge is -2.38. The first kappa shape index (κ1) is 18.0. The summed E-state index contributed by atoms with van der Waals surface area (Å²) in [6, 6.07) is 7.97. The van der Waals surface area contributed by atoms with Crippen molar-refractivity contribution in [2.24, 2.45) is 0 Å². The van der Waals surface area contributed by atoms with Gasteiger partial charge >= 0.3 is 6.03 Å². The third-order valence-electron chi connectivity index (χ3n) is 4.62. The molecule has 2 aliphatic rings. The van der Waals surface area contributed by atoms with Crippen LogP contribution in [-0.2, 0) is 9.47 Å². The van der Waals surface area contributed by atoms with Crippen molar-refractivity contribution in [1.29, 1.82) is 0 Å². The van der Waals surface area contributed by atoms with Gasteiger partial charge in [-0.1, -0.05) is 0 Å². The van der Waals surface area contributed by atoms with E-state index in [-0.39, 0.29) is 23.8 Å². The Kier molecular flexibility index (Phi) is 5.20. The Balaban J connectivity index is 1.60. The molecule has 0 aliphatic carbocycles. The van der Waals surface area contributed by atoms with Gasteiger partial charge in [0.25, 0.3) is 0 Å². The predicted octanol–water partition coefficient (Wildman–Crippen LogP) is 2.94. The monoisotopic (exact) mass is 347 g/mol. The summed E-state index contributed by atoms with van der Waals surface area (Å²) in [5, 5.41) is 2.99. The maximum absolute atomic E-state index is 12.5. The second-order valence-electron chi connectivity index (χ2n) is 7.67. The van der Waals surface area contributed by atoms with E-state index in [4.69, 9.17) is 9.47 Å². The number of nitrogens with zero attached hydrogens (tertiary/aromatic N) is 2. The minimum atomic E-state index is -0.289. The fraction of sp³-hybridized carbons (Fsp3) is 0.632. The Morgan fingerprint density at radius 3 is 2.40 bits per heavy atom. The van der Waals surface area contributed by atoms with Crippen LogP contribution < -0.4 is 10.2 Å². The van der Waals surface area contributed by atoms with Gasteiger partial charge in [-0.05, 0) is 52.0 Å². The van der Waals surface area contributed by atoms with Gasteiger partial charge in [0.05, 0.1) is 31.0 Å². The predicted molar refractivity (Wildman–Crippen MR) is 99.3 cm³/mol. The van der Waals surface area contributed by atoms with E-state index in [1.807, 2.05) is 30.9 Å². The van der Waals surface area contributed by atoms with Gasteiger partial charge in [0.2, 0.25) is 0 Å². The van der Waals surface area contributed by atoms with Crippen LogP contribution in [0.3, 0.4) is 0 Å². The summed E-state index contributed by atoms with van der Waals surface area (Å²) in [5.74, 6) is 0. The Morgan fingerprint density at radius 2 is 1.80 bits per heavy atom. The highest BCUT2D eigenvalue weighted by Crippen LogP contribution is 2.23. The molecule has 3 rings (SSSR count). The molecule has 2 saturated heterocycles. The van der Waals surface area contributed by atoms with Gasteiger partial charge in [0.15, 0.2) is 0 Å². The van der Waals surface area contributed by atoms with Crippen LogP contribution in [-0.4, -0.2) is 61.5 Å². The summed E-state index contributed by atoms with van der Waals surface area (Å²) in [7, 11) is 0. The number of hydrogen-bond donors (Lipinski definition) is 1. The van der Waals surface area contributed by atoms with Crippen molar-refractivity contribution in [2.45, 2.75) is 45.5 Å². The maximum atomic E-state index is 12.5. The molecule has 0 bridgehead atoms. The van der Waals surface area contributed by atoms with Crippen LogP contribution >= 0.6 is 0 Å². The molecule has 25 heavy (non-hydrogen) atoms. The summed E-state index contributed by atoms with van der Waals surface area (Å²) in [4.78, 5) is 16.6. The number of amides is 2. The molecule has 0 aromatic heterocycles. The van der Waals surface area contributed by atoms with Gasteiger partial charge in [-0.3, -0.25) is 0 Å². The van der Waals surface area contributed by atoms with E-state index < -0.39 is 0 Å². The van der Waals surface area contributed by atoms with Gasteiger partial charge < -0.3 is 24.6 Å². The van der Waals surface area contributed by atoms with Crippen molar-refractivity contribution in [3.63, 3.8) is 0 Å². The molecule has 2 amide bonds. The molecule has 138 valence electrons. The molecule has 2 atom stereocenters. The van der Waals surface area contributed by atoms with E-state index in [1.54, 1.807) is 0 Å². The normalized spacial score (nSPS) is 26.4. The Labute approximate surface area is 150 Å². The van der Waals surface area contributed by atoms with Gasteiger partial charge in [-0.15, -0.1) is 0 Å². The quantitative estimate of drug-likeness (QED) is 0.894. The number of anilines is 2. The van der Waals surface area contributed by atoms with Crippen molar-refractivity contribution in [3.05, 3.63) is 24.3 Å². The SMILES string of the molecule is C[C@@H]1CN(c2ccc(NC(=O)N3CCOC(C)(C)C3)cc2)C[C@@H](C)O1. The maximum Gasteiger partial charge on any atom is 0.322 e. The molecule has 1 aromatic rings. The summed E-state index contributed by atoms with van der Waals surface area (Å²) < 4.78 is 11.4. The minimum Gasteiger partial charge on any atom is -0.372 e. The Hall–Kier alpha value is -1.79. The van der Waals surface area contributed by atoms with E-state index in [0.29, 0.717) is 19.7 Å². The molecule has 0 unspecified atom stereocenters. The average molecular weight is 347 g/mol. The van der Waals surface area contributed by atoms with E-state index in [2.05, 4.69) is 36.2 Å². The Morgan fingerprint density at radius 1 is 1.16 bits per heavy atom. The largest absolute Gasteiger partial charge is 0.372 e. The standard InChI is InChI=1S/C19H29N3O3/c1-14-11-22(12-15(2)25-14)17-7-5-16(6-8-17)20-18(23)21-9-10-24-19(3,4)13-21/h5-8,14-15H,9-13H2,1-4H3,(H,20,23)/t14-,15-/m1/s1. The Bertz CT molecular complexity index is 592. The first-order valence-corrected chi connectivity index (χ1v) is 9.03. The molecule has 1 N–H and O–H groups in total. The highest BCUT2D eigenvalue weighted by atomic mass is 16.5. The van der Waals surface area contributed by atoms with Crippen LogP contribution in [0.15, 0.2) is 24.3 Å². The van der Waals surface area contributed by atoms with E-state index >= 15 is 0 Å². The number of carbonyl (C=O) groups excluding carboxylic acids is 1. The van der Waals surface area contributed by atoms with Crippen molar-refractivity contribution < 1.29 is 14.3 Å². The lowest BCUT2D eigenvalue weighted by atomic mass is 10.1.